The van der Waals surface area contributed by atoms with Crippen LogP contribution in [0.2, 0.25) is 5.02 Å². The molecule has 0 aliphatic rings. The second-order valence-corrected chi connectivity index (χ2v) is 8.40. The van der Waals surface area contributed by atoms with E-state index in [9.17, 15) is 13.2 Å². The number of hydrogen-bond acceptors (Lipinski definition) is 5. The van der Waals surface area contributed by atoms with Gasteiger partial charge in [0.05, 0.1) is 11.5 Å². The predicted octanol–water partition coefficient (Wildman–Crippen LogP) is 3.65. The number of methoxy groups -OCH3 is 1. The molecule has 0 aliphatic heterocycles. The number of anilines is 1. The molecule has 0 aliphatic carbocycles. The Bertz CT molecular complexity index is 1090. The second-order valence-electron chi connectivity index (χ2n) is 6.25. The van der Waals surface area contributed by atoms with E-state index in [-0.39, 0.29) is 23.3 Å². The number of carbonyl (C=O) groups excluding carboxylic acids is 1. The Morgan fingerprint density at radius 3 is 2.57 bits per heavy atom. The van der Waals surface area contributed by atoms with Crippen molar-refractivity contribution in [2.75, 3.05) is 19.0 Å². The molecule has 2 N–H and O–H groups in total. The van der Waals surface area contributed by atoms with E-state index < -0.39 is 15.9 Å². The van der Waals surface area contributed by atoms with Gasteiger partial charge < -0.3 is 14.5 Å². The molecule has 3 rings (SSSR count). The van der Waals surface area contributed by atoms with Crippen LogP contribution in [0.3, 0.4) is 0 Å². The van der Waals surface area contributed by atoms with Crippen molar-refractivity contribution in [3.8, 4) is 0 Å². The van der Waals surface area contributed by atoms with E-state index in [0.717, 1.165) is 5.39 Å². The zero-order valence-corrected chi connectivity index (χ0v) is 16.8. The maximum absolute atomic E-state index is 12.4. The molecule has 28 heavy (non-hydrogen) atoms. The van der Waals surface area contributed by atoms with Gasteiger partial charge in [0, 0.05) is 29.2 Å². The molecule has 0 saturated carbocycles. The Morgan fingerprint density at radius 2 is 1.89 bits per heavy atom. The number of nitrogens with one attached hydrogen (secondary N) is 2. The minimum Gasteiger partial charge on any atom is -0.451 e. The first-order valence-electron chi connectivity index (χ1n) is 8.40. The monoisotopic (exact) mass is 422 g/mol. The van der Waals surface area contributed by atoms with E-state index in [4.69, 9.17) is 20.8 Å². The van der Waals surface area contributed by atoms with Crippen LogP contribution in [0.1, 0.15) is 17.5 Å². The van der Waals surface area contributed by atoms with E-state index >= 15 is 0 Å². The van der Waals surface area contributed by atoms with E-state index in [0.29, 0.717) is 16.3 Å². The lowest BCUT2D eigenvalue weighted by atomic mass is 10.2. The Kier molecular flexibility index (Phi) is 6.04. The summed E-state index contributed by atoms with van der Waals surface area (Å²) in [6.07, 6.45) is 0. The molecule has 1 heterocycles. The van der Waals surface area contributed by atoms with Gasteiger partial charge in [0.1, 0.15) is 5.58 Å². The van der Waals surface area contributed by atoms with Gasteiger partial charge in [0.25, 0.3) is 5.91 Å². The molecular formula is C19H19ClN2O5S. The first-order chi connectivity index (χ1) is 13.3. The molecule has 3 aromatic rings. The van der Waals surface area contributed by atoms with Crippen molar-refractivity contribution in [2.45, 2.75) is 17.9 Å². The smallest absolute Gasteiger partial charge is 0.291 e. The van der Waals surface area contributed by atoms with Crippen LogP contribution in [-0.4, -0.2) is 34.1 Å². The fourth-order valence-electron chi connectivity index (χ4n) is 2.65. The molecule has 1 atom stereocenters. The van der Waals surface area contributed by atoms with Crippen LogP contribution in [0.15, 0.2) is 57.8 Å². The highest BCUT2D eigenvalue weighted by Gasteiger charge is 2.18. The van der Waals surface area contributed by atoms with E-state index in [1.807, 2.05) is 0 Å². The van der Waals surface area contributed by atoms with Crippen molar-refractivity contribution in [3.63, 3.8) is 0 Å². The molecular weight excluding hydrogens is 404 g/mol. The summed E-state index contributed by atoms with van der Waals surface area (Å²) in [6, 6.07) is 12.1. The van der Waals surface area contributed by atoms with Crippen molar-refractivity contribution in [1.29, 1.82) is 0 Å². The Labute approximate surface area is 167 Å². The lowest BCUT2D eigenvalue weighted by molar-refractivity contribution is 0.0998. The van der Waals surface area contributed by atoms with Gasteiger partial charge in [-0.15, -0.1) is 0 Å². The normalized spacial score (nSPS) is 12.8. The topological polar surface area (TPSA) is 97.6 Å². The minimum atomic E-state index is -3.67. The minimum absolute atomic E-state index is 0.0897. The zero-order chi connectivity index (χ0) is 20.3. The van der Waals surface area contributed by atoms with Gasteiger partial charge in [-0.2, -0.15) is 0 Å². The van der Waals surface area contributed by atoms with Crippen LogP contribution >= 0.6 is 11.6 Å². The van der Waals surface area contributed by atoms with Gasteiger partial charge >= 0.3 is 0 Å². The lowest BCUT2D eigenvalue weighted by Gasteiger charge is -2.13. The van der Waals surface area contributed by atoms with Crippen molar-refractivity contribution in [1.82, 2.24) is 4.72 Å². The molecule has 148 valence electrons. The molecule has 9 heteroatoms. The number of sulfonamides is 1. The molecule has 7 nitrogen and oxygen atoms in total. The molecule has 0 fully saturated rings. The molecule has 1 amide bonds. The number of hydrogen-bond donors (Lipinski definition) is 2. The maximum atomic E-state index is 12.4. The predicted molar refractivity (Wildman–Crippen MR) is 107 cm³/mol. The summed E-state index contributed by atoms with van der Waals surface area (Å²) >= 11 is 5.93. The van der Waals surface area contributed by atoms with Crippen LogP contribution in [0.4, 0.5) is 5.69 Å². The van der Waals surface area contributed by atoms with Crippen LogP contribution in [-0.2, 0) is 14.8 Å². The summed E-state index contributed by atoms with van der Waals surface area (Å²) in [5.41, 5.74) is 0.986. The number of halogens is 1. The van der Waals surface area contributed by atoms with Crippen molar-refractivity contribution >= 4 is 44.2 Å². The third kappa shape index (κ3) is 4.71. The SMILES string of the molecule is COCC(C)NS(=O)(=O)c1ccc(NC(=O)c2cc3cc(Cl)ccc3o2)cc1. The van der Waals surface area contributed by atoms with Crippen molar-refractivity contribution in [2.24, 2.45) is 0 Å². The fraction of sp³-hybridized carbons (Fsp3) is 0.211. The highest BCUT2D eigenvalue weighted by molar-refractivity contribution is 7.89. The highest BCUT2D eigenvalue weighted by atomic mass is 35.5. The first-order valence-corrected chi connectivity index (χ1v) is 10.3. The molecule has 1 aromatic heterocycles. The number of ether oxygens (including phenoxy) is 1. The van der Waals surface area contributed by atoms with Gasteiger partial charge in [0.2, 0.25) is 10.0 Å². The molecule has 1 unspecified atom stereocenters. The molecule has 0 spiro atoms. The lowest BCUT2D eigenvalue weighted by Crippen LogP contribution is -2.35. The summed E-state index contributed by atoms with van der Waals surface area (Å²) < 4.78 is 37.6. The van der Waals surface area contributed by atoms with Gasteiger partial charge in [-0.1, -0.05) is 11.6 Å². The number of furan rings is 1. The average molecular weight is 423 g/mol. The third-order valence-electron chi connectivity index (χ3n) is 3.90. The standard InChI is InChI=1S/C19H19ClN2O5S/c1-12(11-26-2)22-28(24,25)16-6-4-15(5-7-16)21-19(23)18-10-13-9-14(20)3-8-17(13)27-18/h3-10,12,22H,11H2,1-2H3,(H,21,23). The van der Waals surface area contributed by atoms with Gasteiger partial charge in [0.15, 0.2) is 5.76 Å². The number of benzene rings is 2. The molecule has 0 saturated heterocycles. The fourth-order valence-corrected chi connectivity index (χ4v) is 4.06. The number of fused-ring (bicyclic) bond motifs is 1. The summed E-state index contributed by atoms with van der Waals surface area (Å²) in [6.45, 7) is 1.96. The number of rotatable bonds is 7. The quantitative estimate of drug-likeness (QED) is 0.605. The summed E-state index contributed by atoms with van der Waals surface area (Å²) in [7, 11) is -2.18. The van der Waals surface area contributed by atoms with E-state index in [1.54, 1.807) is 31.2 Å². The summed E-state index contributed by atoms with van der Waals surface area (Å²) in [5.74, 6) is -0.321. The Morgan fingerprint density at radius 1 is 1.18 bits per heavy atom. The Hall–Kier alpha value is -2.39. The van der Waals surface area contributed by atoms with Crippen molar-refractivity contribution < 1.29 is 22.4 Å². The molecule has 2 aromatic carbocycles. The van der Waals surface area contributed by atoms with Crippen LogP contribution in [0.25, 0.3) is 11.0 Å². The summed E-state index contributed by atoms with van der Waals surface area (Å²) in [4.78, 5) is 12.5. The van der Waals surface area contributed by atoms with Gasteiger partial charge in [-0.3, -0.25) is 4.79 Å². The van der Waals surface area contributed by atoms with E-state index in [2.05, 4.69) is 10.0 Å². The van der Waals surface area contributed by atoms with Crippen LogP contribution in [0, 0.1) is 0 Å². The third-order valence-corrected chi connectivity index (χ3v) is 5.74. The number of carbonyl (C=O) groups is 1. The molecule has 0 bridgehead atoms. The Balaban J connectivity index is 1.71. The van der Waals surface area contributed by atoms with E-state index in [1.165, 1.54) is 31.4 Å². The summed E-state index contributed by atoms with van der Waals surface area (Å²) in [5, 5.41) is 3.94. The van der Waals surface area contributed by atoms with Crippen LogP contribution in [0.5, 0.6) is 0 Å². The van der Waals surface area contributed by atoms with Gasteiger partial charge in [-0.25, -0.2) is 13.1 Å². The highest BCUT2D eigenvalue weighted by Crippen LogP contribution is 2.24. The average Bonchev–Trinajstić information content (AvgIpc) is 3.05. The van der Waals surface area contributed by atoms with Crippen LogP contribution < -0.4 is 10.0 Å². The zero-order valence-electron chi connectivity index (χ0n) is 15.2. The largest absolute Gasteiger partial charge is 0.451 e. The number of amides is 1. The van der Waals surface area contributed by atoms with Crippen molar-refractivity contribution in [3.05, 3.63) is 59.3 Å². The maximum Gasteiger partial charge on any atom is 0.291 e. The first kappa shape index (κ1) is 20.3. The second kappa shape index (κ2) is 8.32. The van der Waals surface area contributed by atoms with Gasteiger partial charge in [-0.05, 0) is 55.5 Å². The molecule has 0 radical (unpaired) electrons.